The summed E-state index contributed by atoms with van der Waals surface area (Å²) in [6.45, 7) is 0.964. The lowest BCUT2D eigenvalue weighted by molar-refractivity contribution is 0.144. The van der Waals surface area contributed by atoms with Crippen LogP contribution in [-0.4, -0.2) is 38.4 Å². The van der Waals surface area contributed by atoms with Crippen LogP contribution in [0.25, 0.3) is 0 Å². The molecule has 0 fully saturated rings. The van der Waals surface area contributed by atoms with E-state index in [9.17, 15) is 4.79 Å². The second-order valence-corrected chi connectivity index (χ2v) is 2.93. The van der Waals surface area contributed by atoms with Gasteiger partial charge in [0.25, 0.3) is 0 Å². The Balaban J connectivity index is 2.44. The Bertz CT molecular complexity index is 327. The molecule has 0 unspecified atom stereocenters. The first-order chi connectivity index (χ1) is 7.76. The number of pyridine rings is 1. The minimum Gasteiger partial charge on any atom is -0.475 e. The molecule has 0 bridgehead atoms. The summed E-state index contributed by atoms with van der Waals surface area (Å²) >= 11 is 0. The largest absolute Gasteiger partial charge is 0.475 e. The van der Waals surface area contributed by atoms with Crippen molar-refractivity contribution >= 4 is 11.7 Å². The van der Waals surface area contributed by atoms with Crippen LogP contribution in [0, 0.1) is 0 Å². The number of nitrogens with one attached hydrogen (secondary N) is 2. The molecule has 0 saturated carbocycles. The zero-order chi connectivity index (χ0) is 11.8. The molecule has 1 rings (SSSR count). The fourth-order valence-corrected chi connectivity index (χ4v) is 0.963. The number of amides is 2. The Hall–Kier alpha value is -1.82. The summed E-state index contributed by atoms with van der Waals surface area (Å²) in [5, 5.41) is 5.04. The molecule has 0 saturated heterocycles. The second kappa shape index (κ2) is 6.62. The van der Waals surface area contributed by atoms with Crippen molar-refractivity contribution in [3.63, 3.8) is 0 Å². The van der Waals surface area contributed by atoms with Crippen LogP contribution in [0.1, 0.15) is 0 Å². The molecule has 0 aromatic carbocycles. The average molecular weight is 225 g/mol. The summed E-state index contributed by atoms with van der Waals surface area (Å²) in [6.07, 6.45) is 1.53. The molecule has 0 aliphatic carbocycles. The minimum absolute atomic E-state index is 0.283. The van der Waals surface area contributed by atoms with Crippen LogP contribution in [0.15, 0.2) is 18.3 Å². The van der Waals surface area contributed by atoms with E-state index in [0.29, 0.717) is 24.8 Å². The molecule has 1 heterocycles. The smallest absolute Gasteiger partial charge is 0.319 e. The first-order valence-electron chi connectivity index (χ1n) is 4.83. The predicted molar refractivity (Wildman–Crippen MR) is 59.7 cm³/mol. The van der Waals surface area contributed by atoms with Crippen molar-refractivity contribution in [2.45, 2.75) is 0 Å². The first-order valence-corrected chi connectivity index (χ1v) is 4.83. The Labute approximate surface area is 94.0 Å². The van der Waals surface area contributed by atoms with Gasteiger partial charge in [0.2, 0.25) is 5.88 Å². The number of methoxy groups -OCH3 is 1. The normalized spacial score (nSPS) is 9.62. The van der Waals surface area contributed by atoms with Gasteiger partial charge in [-0.05, 0) is 6.07 Å². The van der Waals surface area contributed by atoms with Gasteiger partial charge in [-0.2, -0.15) is 0 Å². The molecule has 6 heteroatoms. The second-order valence-electron chi connectivity index (χ2n) is 2.93. The Kier molecular flexibility index (Phi) is 5.07. The maximum Gasteiger partial charge on any atom is 0.319 e. The van der Waals surface area contributed by atoms with Gasteiger partial charge < -0.3 is 20.1 Å². The van der Waals surface area contributed by atoms with E-state index in [4.69, 9.17) is 9.47 Å². The van der Waals surface area contributed by atoms with E-state index < -0.39 is 0 Å². The summed E-state index contributed by atoms with van der Waals surface area (Å²) in [4.78, 5) is 15.0. The van der Waals surface area contributed by atoms with E-state index in [2.05, 4.69) is 15.6 Å². The topological polar surface area (TPSA) is 72.5 Å². The molecule has 0 aliphatic rings. The Morgan fingerprint density at radius 1 is 1.44 bits per heavy atom. The molecule has 2 N–H and O–H groups in total. The highest BCUT2D eigenvalue weighted by atomic mass is 16.5. The van der Waals surface area contributed by atoms with E-state index in [1.165, 1.54) is 6.20 Å². The monoisotopic (exact) mass is 225 g/mol. The van der Waals surface area contributed by atoms with Gasteiger partial charge in [-0.3, -0.25) is 0 Å². The van der Waals surface area contributed by atoms with Gasteiger partial charge in [0.1, 0.15) is 6.61 Å². The number of carbonyl (C=O) groups excluding carboxylic acids is 1. The van der Waals surface area contributed by atoms with Crippen molar-refractivity contribution < 1.29 is 14.3 Å². The molecule has 1 aromatic rings. The highest BCUT2D eigenvalue weighted by Crippen LogP contribution is 2.11. The molecule has 16 heavy (non-hydrogen) atoms. The fraction of sp³-hybridized carbons (Fsp3) is 0.400. The number of aromatic nitrogens is 1. The molecule has 0 aliphatic heterocycles. The van der Waals surface area contributed by atoms with Crippen molar-refractivity contribution in [3.05, 3.63) is 18.3 Å². The first kappa shape index (κ1) is 12.3. The van der Waals surface area contributed by atoms with Crippen molar-refractivity contribution in [1.29, 1.82) is 0 Å². The summed E-state index contributed by atoms with van der Waals surface area (Å²) in [5.74, 6) is 0.500. The third-order valence-electron chi connectivity index (χ3n) is 1.76. The van der Waals surface area contributed by atoms with Gasteiger partial charge in [0, 0.05) is 20.2 Å². The summed E-state index contributed by atoms with van der Waals surface area (Å²) in [6, 6.07) is 3.11. The Morgan fingerprint density at radius 3 is 2.81 bits per heavy atom. The molecular weight excluding hydrogens is 210 g/mol. The zero-order valence-corrected chi connectivity index (χ0v) is 9.32. The number of carbonyl (C=O) groups is 1. The van der Waals surface area contributed by atoms with Gasteiger partial charge >= 0.3 is 6.03 Å². The number of hydrogen-bond acceptors (Lipinski definition) is 4. The zero-order valence-electron chi connectivity index (χ0n) is 9.32. The standard InChI is InChI=1S/C10H15N3O3/c1-11-10(14)13-8-3-4-9(12-7-8)16-6-5-15-2/h3-4,7H,5-6H2,1-2H3,(H2,11,13,14). The number of urea groups is 1. The van der Waals surface area contributed by atoms with Crippen LogP contribution >= 0.6 is 0 Å². The quantitative estimate of drug-likeness (QED) is 0.729. The molecule has 6 nitrogen and oxygen atoms in total. The SMILES string of the molecule is CNC(=O)Nc1ccc(OCCOC)nc1. The van der Waals surface area contributed by atoms with Crippen LogP contribution in [0.2, 0.25) is 0 Å². The highest BCUT2D eigenvalue weighted by molar-refractivity contribution is 5.88. The van der Waals surface area contributed by atoms with E-state index in [1.807, 2.05) is 0 Å². The fourth-order valence-electron chi connectivity index (χ4n) is 0.963. The van der Waals surface area contributed by atoms with Gasteiger partial charge in [-0.25, -0.2) is 9.78 Å². The number of ether oxygens (including phenoxy) is 2. The van der Waals surface area contributed by atoms with E-state index in [1.54, 1.807) is 26.3 Å². The maximum atomic E-state index is 11.0. The van der Waals surface area contributed by atoms with Crippen LogP contribution in [-0.2, 0) is 4.74 Å². The predicted octanol–water partition coefficient (Wildman–Crippen LogP) is 0.858. The van der Waals surface area contributed by atoms with Crippen molar-refractivity contribution in [2.75, 3.05) is 32.7 Å². The molecular formula is C10H15N3O3. The summed E-state index contributed by atoms with van der Waals surface area (Å²) < 4.78 is 10.1. The molecule has 88 valence electrons. The van der Waals surface area contributed by atoms with Crippen molar-refractivity contribution in [3.8, 4) is 5.88 Å². The van der Waals surface area contributed by atoms with Crippen LogP contribution in [0.5, 0.6) is 5.88 Å². The molecule has 2 amide bonds. The van der Waals surface area contributed by atoms with Crippen LogP contribution < -0.4 is 15.4 Å². The lowest BCUT2D eigenvalue weighted by Gasteiger charge is -2.06. The van der Waals surface area contributed by atoms with E-state index in [-0.39, 0.29) is 6.03 Å². The van der Waals surface area contributed by atoms with Gasteiger partial charge in [0.05, 0.1) is 18.5 Å². The minimum atomic E-state index is -0.283. The molecule has 0 radical (unpaired) electrons. The number of hydrogen-bond donors (Lipinski definition) is 2. The van der Waals surface area contributed by atoms with Gasteiger partial charge in [-0.1, -0.05) is 0 Å². The van der Waals surface area contributed by atoms with Crippen LogP contribution in [0.4, 0.5) is 10.5 Å². The molecule has 1 aromatic heterocycles. The maximum absolute atomic E-state index is 11.0. The number of anilines is 1. The molecule has 0 atom stereocenters. The number of nitrogens with zero attached hydrogens (tertiary/aromatic N) is 1. The van der Waals surface area contributed by atoms with Crippen molar-refractivity contribution in [1.82, 2.24) is 10.3 Å². The lowest BCUT2D eigenvalue weighted by Crippen LogP contribution is -2.24. The third kappa shape index (κ3) is 4.14. The van der Waals surface area contributed by atoms with E-state index in [0.717, 1.165) is 0 Å². The number of rotatable bonds is 5. The Morgan fingerprint density at radius 2 is 2.25 bits per heavy atom. The van der Waals surface area contributed by atoms with Crippen molar-refractivity contribution in [2.24, 2.45) is 0 Å². The summed E-state index contributed by atoms with van der Waals surface area (Å²) in [5.41, 5.74) is 0.610. The summed E-state index contributed by atoms with van der Waals surface area (Å²) in [7, 11) is 3.15. The van der Waals surface area contributed by atoms with E-state index >= 15 is 0 Å². The average Bonchev–Trinajstić information content (AvgIpc) is 2.31. The highest BCUT2D eigenvalue weighted by Gasteiger charge is 1.99. The molecule has 0 spiro atoms. The van der Waals surface area contributed by atoms with Gasteiger partial charge in [-0.15, -0.1) is 0 Å². The van der Waals surface area contributed by atoms with Gasteiger partial charge in [0.15, 0.2) is 0 Å². The third-order valence-corrected chi connectivity index (χ3v) is 1.76. The lowest BCUT2D eigenvalue weighted by atomic mass is 10.4. The van der Waals surface area contributed by atoms with Crippen LogP contribution in [0.3, 0.4) is 0 Å².